The zero-order valence-corrected chi connectivity index (χ0v) is 16.8. The zero-order valence-electron chi connectivity index (χ0n) is 16.8. The normalized spacial score (nSPS) is 11.2. The molecule has 0 amide bonds. The van der Waals surface area contributed by atoms with Crippen LogP contribution in [-0.2, 0) is 9.47 Å². The van der Waals surface area contributed by atoms with Crippen molar-refractivity contribution < 1.29 is 19.1 Å². The maximum absolute atomic E-state index is 12.7. The van der Waals surface area contributed by atoms with Crippen LogP contribution in [0.3, 0.4) is 0 Å². The predicted molar refractivity (Wildman–Crippen MR) is 116 cm³/mol. The molecule has 31 heavy (non-hydrogen) atoms. The molecular formula is C23H18N4O4. The van der Waals surface area contributed by atoms with Crippen molar-refractivity contribution in [3.05, 3.63) is 66.4 Å². The molecule has 5 aromatic rings. The number of aromatic nitrogens is 4. The number of H-pyrrole nitrogens is 3. The van der Waals surface area contributed by atoms with Crippen LogP contribution in [0.2, 0.25) is 0 Å². The summed E-state index contributed by atoms with van der Waals surface area (Å²) in [5.41, 5.74) is 4.46. The highest BCUT2D eigenvalue weighted by atomic mass is 16.5. The predicted octanol–water partition coefficient (Wildman–Crippen LogP) is 4.28. The molecular weight excluding hydrogens is 396 g/mol. The summed E-state index contributed by atoms with van der Waals surface area (Å²) in [7, 11) is 2.60. The number of fused-ring (bicyclic) bond motifs is 2. The van der Waals surface area contributed by atoms with Crippen LogP contribution in [0.1, 0.15) is 21.0 Å². The topological polar surface area (TPSA) is 113 Å². The minimum absolute atomic E-state index is 0.160. The number of aromatic amines is 3. The number of nitrogens with one attached hydrogen (secondary N) is 3. The number of esters is 2. The monoisotopic (exact) mass is 414 g/mol. The van der Waals surface area contributed by atoms with Crippen LogP contribution in [0, 0.1) is 0 Å². The molecule has 0 bridgehead atoms. The third-order valence-electron chi connectivity index (χ3n) is 5.36. The lowest BCUT2D eigenvalue weighted by Gasteiger charge is -2.07. The molecule has 0 radical (unpaired) electrons. The number of hydrogen-bond donors (Lipinski definition) is 3. The Morgan fingerprint density at radius 2 is 1.42 bits per heavy atom. The second-order valence-electron chi connectivity index (χ2n) is 6.96. The van der Waals surface area contributed by atoms with Crippen molar-refractivity contribution >= 4 is 33.9 Å². The van der Waals surface area contributed by atoms with E-state index >= 15 is 0 Å². The fourth-order valence-electron chi connectivity index (χ4n) is 3.99. The number of nitrogens with zero attached hydrogens (tertiary/aromatic N) is 1. The lowest BCUT2D eigenvalue weighted by Crippen LogP contribution is -2.06. The van der Waals surface area contributed by atoms with Crippen LogP contribution in [-0.4, -0.2) is 46.1 Å². The number of ether oxygens (including phenoxy) is 2. The van der Waals surface area contributed by atoms with E-state index in [1.54, 1.807) is 12.4 Å². The Kier molecular flexibility index (Phi) is 4.32. The molecule has 8 nitrogen and oxygen atoms in total. The van der Waals surface area contributed by atoms with Crippen LogP contribution in [0.15, 0.2) is 55.0 Å². The molecule has 0 atom stereocenters. The minimum Gasteiger partial charge on any atom is -0.464 e. The van der Waals surface area contributed by atoms with Gasteiger partial charge in [-0.25, -0.2) is 14.6 Å². The third kappa shape index (κ3) is 2.80. The van der Waals surface area contributed by atoms with E-state index in [1.165, 1.54) is 14.2 Å². The van der Waals surface area contributed by atoms with Gasteiger partial charge in [0.05, 0.1) is 14.2 Å². The second kappa shape index (κ2) is 7.17. The van der Waals surface area contributed by atoms with Gasteiger partial charge in [-0.2, -0.15) is 0 Å². The maximum Gasteiger partial charge on any atom is 0.355 e. The van der Waals surface area contributed by atoms with Gasteiger partial charge in [-0.1, -0.05) is 18.2 Å². The van der Waals surface area contributed by atoms with E-state index in [1.807, 2.05) is 42.6 Å². The molecule has 0 aliphatic carbocycles. The van der Waals surface area contributed by atoms with Gasteiger partial charge in [0.15, 0.2) is 0 Å². The Hall–Kier alpha value is -4.33. The van der Waals surface area contributed by atoms with Crippen molar-refractivity contribution in [3.63, 3.8) is 0 Å². The van der Waals surface area contributed by atoms with Gasteiger partial charge in [-0.05, 0) is 18.2 Å². The van der Waals surface area contributed by atoms with Crippen molar-refractivity contribution in [2.45, 2.75) is 0 Å². The number of methoxy groups -OCH3 is 2. The molecule has 0 saturated carbocycles. The van der Waals surface area contributed by atoms with Gasteiger partial charge in [-0.15, -0.1) is 0 Å². The molecule has 0 aliphatic rings. The highest BCUT2D eigenvalue weighted by Crippen LogP contribution is 2.43. The number of para-hydroxylation sites is 1. The number of benzene rings is 1. The quantitative estimate of drug-likeness (QED) is 0.380. The van der Waals surface area contributed by atoms with E-state index in [4.69, 9.17) is 9.47 Å². The van der Waals surface area contributed by atoms with Gasteiger partial charge in [0, 0.05) is 57.1 Å². The average Bonchev–Trinajstić information content (AvgIpc) is 3.52. The zero-order chi connectivity index (χ0) is 21.5. The molecule has 3 N–H and O–H groups in total. The fourth-order valence-corrected chi connectivity index (χ4v) is 3.99. The van der Waals surface area contributed by atoms with Crippen molar-refractivity contribution in [2.75, 3.05) is 14.2 Å². The van der Waals surface area contributed by atoms with Crippen LogP contribution in [0.25, 0.3) is 44.2 Å². The first-order valence-electron chi connectivity index (χ1n) is 9.55. The van der Waals surface area contributed by atoms with Crippen molar-refractivity contribution in [2.24, 2.45) is 0 Å². The Bertz CT molecular complexity index is 1350. The lowest BCUT2D eigenvalue weighted by molar-refractivity contribution is 0.0591. The number of pyridine rings is 1. The highest BCUT2D eigenvalue weighted by Gasteiger charge is 2.31. The Balaban J connectivity index is 1.93. The third-order valence-corrected chi connectivity index (χ3v) is 5.36. The largest absolute Gasteiger partial charge is 0.464 e. The van der Waals surface area contributed by atoms with E-state index in [9.17, 15) is 9.59 Å². The van der Waals surface area contributed by atoms with Gasteiger partial charge in [0.25, 0.3) is 0 Å². The molecule has 0 fully saturated rings. The molecule has 154 valence electrons. The molecule has 0 spiro atoms. The van der Waals surface area contributed by atoms with Gasteiger partial charge >= 0.3 is 11.9 Å². The molecule has 4 aromatic heterocycles. The maximum atomic E-state index is 12.7. The molecule has 8 heteroatoms. The van der Waals surface area contributed by atoms with E-state index in [2.05, 4.69) is 19.9 Å². The summed E-state index contributed by atoms with van der Waals surface area (Å²) in [6.45, 7) is 0. The SMILES string of the molecule is COC(=O)c1[nH]c(C(=O)OC)c(-c2c[nH]c3ncccc23)c1-c1c[nH]c2ccccc12. The Morgan fingerprint density at radius 1 is 0.806 bits per heavy atom. The van der Waals surface area contributed by atoms with Crippen molar-refractivity contribution in [3.8, 4) is 22.3 Å². The molecule has 5 rings (SSSR count). The second-order valence-corrected chi connectivity index (χ2v) is 6.96. The first-order valence-corrected chi connectivity index (χ1v) is 9.55. The Labute approximate surface area is 176 Å². The molecule has 0 saturated heterocycles. The van der Waals surface area contributed by atoms with E-state index in [0.717, 1.165) is 27.4 Å². The first-order chi connectivity index (χ1) is 15.1. The standard InChI is InChI=1S/C23H18N4O4/c1-30-22(28)19-17(14-10-25-16-8-4-3-6-12(14)16)18(20(27-19)23(29)31-2)15-11-26-21-13(15)7-5-9-24-21/h3-11,25,27H,1-2H3,(H,24,26). The number of carbonyl (C=O) groups excluding carboxylic acids is 2. The highest BCUT2D eigenvalue weighted by molar-refractivity contribution is 6.14. The summed E-state index contributed by atoms with van der Waals surface area (Å²) in [6.07, 6.45) is 5.27. The summed E-state index contributed by atoms with van der Waals surface area (Å²) in [6, 6.07) is 11.5. The van der Waals surface area contributed by atoms with Gasteiger partial charge < -0.3 is 24.4 Å². The number of hydrogen-bond acceptors (Lipinski definition) is 5. The van der Waals surface area contributed by atoms with Crippen LogP contribution in [0.5, 0.6) is 0 Å². The van der Waals surface area contributed by atoms with Crippen LogP contribution >= 0.6 is 0 Å². The fraction of sp³-hybridized carbons (Fsp3) is 0.0870. The Morgan fingerprint density at radius 3 is 2.13 bits per heavy atom. The van der Waals surface area contributed by atoms with Gasteiger partial charge in [0.1, 0.15) is 17.0 Å². The first kappa shape index (κ1) is 18.7. The van der Waals surface area contributed by atoms with Gasteiger partial charge in [-0.3, -0.25) is 0 Å². The van der Waals surface area contributed by atoms with Gasteiger partial charge in [0.2, 0.25) is 0 Å². The van der Waals surface area contributed by atoms with E-state index in [0.29, 0.717) is 16.8 Å². The smallest absolute Gasteiger partial charge is 0.355 e. The minimum atomic E-state index is -0.593. The molecule has 1 aromatic carbocycles. The summed E-state index contributed by atoms with van der Waals surface area (Å²) in [5.74, 6) is -1.18. The summed E-state index contributed by atoms with van der Waals surface area (Å²) in [5, 5.41) is 1.71. The summed E-state index contributed by atoms with van der Waals surface area (Å²) in [4.78, 5) is 39.1. The molecule has 0 aliphatic heterocycles. The van der Waals surface area contributed by atoms with E-state index < -0.39 is 11.9 Å². The van der Waals surface area contributed by atoms with Crippen LogP contribution < -0.4 is 0 Å². The van der Waals surface area contributed by atoms with Crippen molar-refractivity contribution in [1.82, 2.24) is 19.9 Å². The summed E-state index contributed by atoms with van der Waals surface area (Å²) < 4.78 is 10.0. The van der Waals surface area contributed by atoms with E-state index in [-0.39, 0.29) is 11.4 Å². The average molecular weight is 414 g/mol. The molecule has 0 unspecified atom stereocenters. The van der Waals surface area contributed by atoms with Crippen molar-refractivity contribution in [1.29, 1.82) is 0 Å². The molecule has 4 heterocycles. The van der Waals surface area contributed by atoms with Crippen LogP contribution in [0.4, 0.5) is 0 Å². The lowest BCUT2D eigenvalue weighted by atomic mass is 9.94. The summed E-state index contributed by atoms with van der Waals surface area (Å²) >= 11 is 0. The number of rotatable bonds is 4. The number of carbonyl (C=O) groups is 2.